The van der Waals surface area contributed by atoms with Gasteiger partial charge in [0.2, 0.25) is 11.8 Å². The van der Waals surface area contributed by atoms with Crippen molar-refractivity contribution in [2.24, 2.45) is 5.92 Å². The number of rotatable bonds is 5. The Balaban J connectivity index is 1.38. The van der Waals surface area contributed by atoms with Crippen LogP contribution in [0.3, 0.4) is 0 Å². The van der Waals surface area contributed by atoms with Crippen molar-refractivity contribution >= 4 is 35.2 Å². The zero-order valence-electron chi connectivity index (χ0n) is 18.4. The second-order valence-electron chi connectivity index (χ2n) is 9.31. The van der Waals surface area contributed by atoms with Gasteiger partial charge >= 0.3 is 0 Å². The van der Waals surface area contributed by atoms with Gasteiger partial charge in [0.05, 0.1) is 5.92 Å². The van der Waals surface area contributed by atoms with E-state index in [1.54, 1.807) is 6.92 Å². The van der Waals surface area contributed by atoms with E-state index >= 15 is 0 Å². The highest BCUT2D eigenvalue weighted by atomic mass is 35.5. The highest BCUT2D eigenvalue weighted by Crippen LogP contribution is 2.40. The Morgan fingerprint density at radius 2 is 1.74 bits per heavy atom. The lowest BCUT2D eigenvalue weighted by molar-refractivity contribution is -0.138. The molecule has 1 N–H and O–H groups in total. The molecule has 0 spiro atoms. The van der Waals surface area contributed by atoms with Crippen LogP contribution in [0.2, 0.25) is 5.02 Å². The van der Waals surface area contributed by atoms with E-state index in [2.05, 4.69) is 27.2 Å². The van der Waals surface area contributed by atoms with Crippen LogP contribution in [0.4, 0.5) is 0 Å². The van der Waals surface area contributed by atoms with Crippen molar-refractivity contribution in [3.8, 4) is 0 Å². The molecule has 4 rings (SSSR count). The molecule has 0 bridgehead atoms. The molecule has 0 radical (unpaired) electrons. The summed E-state index contributed by atoms with van der Waals surface area (Å²) >= 11 is 7.94. The highest BCUT2D eigenvalue weighted by molar-refractivity contribution is 7.99. The van der Waals surface area contributed by atoms with Crippen molar-refractivity contribution < 1.29 is 9.59 Å². The molecule has 7 heteroatoms. The van der Waals surface area contributed by atoms with E-state index in [9.17, 15) is 9.59 Å². The Morgan fingerprint density at radius 1 is 1.06 bits per heavy atom. The van der Waals surface area contributed by atoms with E-state index < -0.39 is 0 Å². The molecule has 2 amide bonds. The van der Waals surface area contributed by atoms with Gasteiger partial charge in [0.1, 0.15) is 0 Å². The van der Waals surface area contributed by atoms with Gasteiger partial charge in [0, 0.05) is 67.6 Å². The predicted octanol–water partition coefficient (Wildman–Crippen LogP) is 3.77. The largest absolute Gasteiger partial charge is 0.354 e. The zero-order valence-corrected chi connectivity index (χ0v) is 20.0. The molecular weight excluding hydrogens is 430 g/mol. The summed E-state index contributed by atoms with van der Waals surface area (Å²) < 4.78 is 0. The summed E-state index contributed by atoms with van der Waals surface area (Å²) in [4.78, 5) is 29.7. The van der Waals surface area contributed by atoms with Gasteiger partial charge in [0.25, 0.3) is 0 Å². The summed E-state index contributed by atoms with van der Waals surface area (Å²) in [5, 5.41) is 3.83. The molecule has 2 heterocycles. The molecule has 3 fully saturated rings. The molecule has 5 nitrogen and oxygen atoms in total. The summed E-state index contributed by atoms with van der Waals surface area (Å²) in [6, 6.07) is 8.01. The van der Waals surface area contributed by atoms with E-state index in [1.165, 1.54) is 24.8 Å². The Morgan fingerprint density at radius 3 is 2.39 bits per heavy atom. The standard InChI is InChI=1S/C24H34ClN3O2S/c1-18(29)26-17-24(9-3-2-4-10-24)28-13-11-27(12-14-28)23(30)22-16-31-15-21(22)19-5-7-20(25)8-6-19/h5-8,21-22H,2-4,9-17H2,1H3,(H,26,29)/t21-,22+/m0/s1. The van der Waals surface area contributed by atoms with Crippen LogP contribution in [-0.4, -0.2) is 71.4 Å². The van der Waals surface area contributed by atoms with E-state index in [0.717, 1.165) is 62.1 Å². The van der Waals surface area contributed by atoms with Crippen LogP contribution >= 0.6 is 23.4 Å². The number of piperazine rings is 1. The SMILES string of the molecule is CC(=O)NCC1(N2CCN(C(=O)[C@@H]3CSC[C@H]3c3ccc(Cl)cc3)CC2)CCCCC1. The Hall–Kier alpha value is -1.24. The number of halogens is 1. The molecule has 0 unspecified atom stereocenters. The van der Waals surface area contributed by atoms with Crippen molar-refractivity contribution in [2.75, 3.05) is 44.2 Å². The van der Waals surface area contributed by atoms with Crippen LogP contribution < -0.4 is 5.32 Å². The molecule has 2 atom stereocenters. The van der Waals surface area contributed by atoms with Gasteiger partial charge in [-0.15, -0.1) is 0 Å². The fourth-order valence-electron chi connectivity index (χ4n) is 5.58. The number of nitrogens with zero attached hydrogens (tertiary/aromatic N) is 2. The first-order valence-corrected chi connectivity index (χ1v) is 13.1. The molecule has 2 aliphatic heterocycles. The lowest BCUT2D eigenvalue weighted by atomic mass is 9.79. The minimum atomic E-state index is 0.0470. The van der Waals surface area contributed by atoms with Crippen molar-refractivity contribution in [3.63, 3.8) is 0 Å². The molecule has 3 aliphatic rings. The maximum absolute atomic E-state index is 13.4. The highest BCUT2D eigenvalue weighted by Gasteiger charge is 2.42. The quantitative estimate of drug-likeness (QED) is 0.722. The van der Waals surface area contributed by atoms with Gasteiger partial charge in [-0.05, 0) is 30.5 Å². The van der Waals surface area contributed by atoms with Gasteiger partial charge in [-0.25, -0.2) is 0 Å². The lowest BCUT2D eigenvalue weighted by Gasteiger charge is -2.50. The van der Waals surface area contributed by atoms with Gasteiger partial charge in [-0.1, -0.05) is 43.0 Å². The van der Waals surface area contributed by atoms with E-state index in [0.29, 0.717) is 5.91 Å². The number of thioether (sulfide) groups is 1. The van der Waals surface area contributed by atoms with Crippen LogP contribution in [0.15, 0.2) is 24.3 Å². The van der Waals surface area contributed by atoms with Crippen molar-refractivity contribution in [2.45, 2.75) is 50.5 Å². The molecular formula is C24H34ClN3O2S. The minimum Gasteiger partial charge on any atom is -0.354 e. The number of amides is 2. The first-order chi connectivity index (χ1) is 15.0. The first-order valence-electron chi connectivity index (χ1n) is 11.6. The topological polar surface area (TPSA) is 52.7 Å². The fourth-order valence-corrected chi connectivity index (χ4v) is 7.15. The lowest BCUT2D eigenvalue weighted by Crippen LogP contribution is -2.62. The Labute approximate surface area is 195 Å². The van der Waals surface area contributed by atoms with E-state index in [1.807, 2.05) is 23.9 Å². The predicted molar refractivity (Wildman–Crippen MR) is 128 cm³/mol. The zero-order chi connectivity index (χ0) is 21.8. The van der Waals surface area contributed by atoms with Crippen LogP contribution in [0, 0.1) is 5.92 Å². The summed E-state index contributed by atoms with van der Waals surface area (Å²) in [6.07, 6.45) is 6.01. The summed E-state index contributed by atoms with van der Waals surface area (Å²) in [7, 11) is 0. The maximum Gasteiger partial charge on any atom is 0.227 e. The maximum atomic E-state index is 13.4. The van der Waals surface area contributed by atoms with Gasteiger partial charge in [-0.3, -0.25) is 14.5 Å². The first kappa shape index (κ1) is 22.9. The number of benzene rings is 1. The number of hydrogen-bond donors (Lipinski definition) is 1. The molecule has 170 valence electrons. The normalized spacial score (nSPS) is 26.6. The van der Waals surface area contributed by atoms with Crippen molar-refractivity contribution in [1.29, 1.82) is 0 Å². The second kappa shape index (κ2) is 10.1. The smallest absolute Gasteiger partial charge is 0.227 e. The summed E-state index contributed by atoms with van der Waals surface area (Å²) in [5.74, 6) is 2.59. The molecule has 1 aromatic carbocycles. The molecule has 31 heavy (non-hydrogen) atoms. The van der Waals surface area contributed by atoms with E-state index in [-0.39, 0.29) is 23.3 Å². The third kappa shape index (κ3) is 5.23. The monoisotopic (exact) mass is 463 g/mol. The van der Waals surface area contributed by atoms with Crippen LogP contribution in [-0.2, 0) is 9.59 Å². The van der Waals surface area contributed by atoms with Crippen molar-refractivity contribution in [1.82, 2.24) is 15.1 Å². The molecule has 1 saturated carbocycles. The van der Waals surface area contributed by atoms with Crippen LogP contribution in [0.1, 0.15) is 50.5 Å². The molecule has 2 saturated heterocycles. The van der Waals surface area contributed by atoms with Crippen molar-refractivity contribution in [3.05, 3.63) is 34.9 Å². The summed E-state index contributed by atoms with van der Waals surface area (Å²) in [6.45, 7) is 5.70. The Bertz CT molecular complexity index is 774. The fraction of sp³-hybridized carbons (Fsp3) is 0.667. The molecule has 0 aromatic heterocycles. The second-order valence-corrected chi connectivity index (χ2v) is 10.8. The van der Waals surface area contributed by atoms with Gasteiger partial charge in [0.15, 0.2) is 0 Å². The average Bonchev–Trinajstić information content (AvgIpc) is 3.28. The molecule has 1 aromatic rings. The van der Waals surface area contributed by atoms with Gasteiger partial charge < -0.3 is 10.2 Å². The number of nitrogens with one attached hydrogen (secondary N) is 1. The van der Waals surface area contributed by atoms with Gasteiger partial charge in [-0.2, -0.15) is 11.8 Å². The van der Waals surface area contributed by atoms with Crippen LogP contribution in [0.25, 0.3) is 0 Å². The summed E-state index contributed by atoms with van der Waals surface area (Å²) in [5.41, 5.74) is 1.29. The third-order valence-corrected chi connectivity index (χ3v) is 8.85. The third-order valence-electron chi connectivity index (χ3n) is 7.41. The van der Waals surface area contributed by atoms with E-state index in [4.69, 9.17) is 11.6 Å². The average molecular weight is 464 g/mol. The number of carbonyl (C=O) groups excluding carboxylic acids is 2. The number of carbonyl (C=O) groups is 2. The van der Waals surface area contributed by atoms with Crippen LogP contribution in [0.5, 0.6) is 0 Å². The Kier molecular flexibility index (Phi) is 7.50. The number of hydrogen-bond acceptors (Lipinski definition) is 4. The minimum absolute atomic E-state index is 0.0470. The molecule has 1 aliphatic carbocycles.